The van der Waals surface area contributed by atoms with Gasteiger partial charge in [0.05, 0.1) is 11.6 Å². The number of rotatable bonds is 5. The molecule has 0 fully saturated rings. The molecular formula is C13H17F3N2O2. The molecule has 0 radical (unpaired) electrons. The Morgan fingerprint density at radius 3 is 2.50 bits per heavy atom. The SMILES string of the molecule is CC(N)C(C)C(=O)Nc1ccccc1OCC(F)(F)F. The fourth-order valence-electron chi connectivity index (χ4n) is 1.34. The van der Waals surface area contributed by atoms with E-state index in [9.17, 15) is 18.0 Å². The Morgan fingerprint density at radius 2 is 1.95 bits per heavy atom. The summed E-state index contributed by atoms with van der Waals surface area (Å²) in [5, 5.41) is 2.52. The molecule has 1 aromatic carbocycles. The average Bonchev–Trinajstić information content (AvgIpc) is 2.35. The highest BCUT2D eigenvalue weighted by molar-refractivity contribution is 5.94. The van der Waals surface area contributed by atoms with E-state index in [1.807, 2.05) is 0 Å². The number of carbonyl (C=O) groups excluding carboxylic acids is 1. The molecular weight excluding hydrogens is 273 g/mol. The molecule has 2 atom stereocenters. The fraction of sp³-hybridized carbons (Fsp3) is 0.462. The predicted molar refractivity (Wildman–Crippen MR) is 69.4 cm³/mol. The number of carbonyl (C=O) groups is 1. The van der Waals surface area contributed by atoms with E-state index in [4.69, 9.17) is 5.73 Å². The van der Waals surface area contributed by atoms with Crippen LogP contribution in [-0.2, 0) is 4.79 Å². The molecule has 0 aliphatic heterocycles. The normalized spacial score (nSPS) is 14.5. The van der Waals surface area contributed by atoms with E-state index >= 15 is 0 Å². The van der Waals surface area contributed by atoms with Gasteiger partial charge in [-0.05, 0) is 19.1 Å². The second kappa shape index (κ2) is 6.60. The van der Waals surface area contributed by atoms with Gasteiger partial charge in [0.25, 0.3) is 0 Å². The Labute approximate surface area is 115 Å². The number of amides is 1. The Bertz CT molecular complexity index is 461. The summed E-state index contributed by atoms with van der Waals surface area (Å²) < 4.78 is 41.1. The molecule has 1 aromatic rings. The van der Waals surface area contributed by atoms with Gasteiger partial charge in [0.15, 0.2) is 6.61 Å². The molecule has 7 heteroatoms. The molecule has 0 saturated heterocycles. The van der Waals surface area contributed by atoms with Crippen LogP contribution in [0, 0.1) is 5.92 Å². The number of para-hydroxylation sites is 2. The minimum absolute atomic E-state index is 0.0324. The van der Waals surface area contributed by atoms with Crippen molar-refractivity contribution in [1.29, 1.82) is 0 Å². The molecule has 1 amide bonds. The molecule has 1 rings (SSSR count). The lowest BCUT2D eigenvalue weighted by Gasteiger charge is -2.17. The van der Waals surface area contributed by atoms with Crippen LogP contribution in [0.5, 0.6) is 5.75 Å². The van der Waals surface area contributed by atoms with Gasteiger partial charge in [-0.2, -0.15) is 13.2 Å². The fourth-order valence-corrected chi connectivity index (χ4v) is 1.34. The third-order valence-electron chi connectivity index (χ3n) is 2.74. The molecule has 0 bridgehead atoms. The van der Waals surface area contributed by atoms with Gasteiger partial charge in [0.2, 0.25) is 5.91 Å². The largest absolute Gasteiger partial charge is 0.482 e. The first-order valence-electron chi connectivity index (χ1n) is 6.05. The van der Waals surface area contributed by atoms with E-state index in [0.29, 0.717) is 0 Å². The van der Waals surface area contributed by atoms with Gasteiger partial charge in [-0.25, -0.2) is 0 Å². The van der Waals surface area contributed by atoms with Gasteiger partial charge >= 0.3 is 6.18 Å². The van der Waals surface area contributed by atoms with Crippen LogP contribution in [0.4, 0.5) is 18.9 Å². The van der Waals surface area contributed by atoms with Crippen LogP contribution in [0.1, 0.15) is 13.8 Å². The van der Waals surface area contributed by atoms with E-state index < -0.39 is 18.7 Å². The second-order valence-electron chi connectivity index (χ2n) is 4.54. The van der Waals surface area contributed by atoms with Crippen molar-refractivity contribution in [2.75, 3.05) is 11.9 Å². The highest BCUT2D eigenvalue weighted by Crippen LogP contribution is 2.26. The number of anilines is 1. The summed E-state index contributed by atoms with van der Waals surface area (Å²) in [4.78, 5) is 11.8. The first kappa shape index (κ1) is 16.3. The van der Waals surface area contributed by atoms with Crippen LogP contribution in [0.3, 0.4) is 0 Å². The maximum absolute atomic E-state index is 12.1. The number of hydrogen-bond donors (Lipinski definition) is 2. The van der Waals surface area contributed by atoms with Gasteiger partial charge in [-0.1, -0.05) is 19.1 Å². The number of hydrogen-bond acceptors (Lipinski definition) is 3. The third kappa shape index (κ3) is 5.08. The molecule has 0 heterocycles. The lowest BCUT2D eigenvalue weighted by molar-refractivity contribution is -0.153. The summed E-state index contributed by atoms with van der Waals surface area (Å²) in [6.07, 6.45) is -4.43. The molecule has 0 aliphatic carbocycles. The first-order valence-corrected chi connectivity index (χ1v) is 6.05. The highest BCUT2D eigenvalue weighted by atomic mass is 19.4. The zero-order chi connectivity index (χ0) is 15.3. The maximum atomic E-state index is 12.1. The topological polar surface area (TPSA) is 64.4 Å². The molecule has 4 nitrogen and oxygen atoms in total. The monoisotopic (exact) mass is 290 g/mol. The number of nitrogens with two attached hydrogens (primary N) is 1. The lowest BCUT2D eigenvalue weighted by Crippen LogP contribution is -2.34. The van der Waals surface area contributed by atoms with E-state index in [0.717, 1.165) is 0 Å². The minimum Gasteiger partial charge on any atom is -0.482 e. The van der Waals surface area contributed by atoms with Gasteiger partial charge in [-0.3, -0.25) is 4.79 Å². The smallest absolute Gasteiger partial charge is 0.422 e. The number of halogens is 3. The molecule has 0 saturated carbocycles. The van der Waals surface area contributed by atoms with Gasteiger partial charge in [0.1, 0.15) is 5.75 Å². The third-order valence-corrected chi connectivity index (χ3v) is 2.74. The zero-order valence-corrected chi connectivity index (χ0v) is 11.2. The number of benzene rings is 1. The van der Waals surface area contributed by atoms with Gasteiger partial charge in [0, 0.05) is 6.04 Å². The van der Waals surface area contributed by atoms with Crippen molar-refractivity contribution in [2.45, 2.75) is 26.1 Å². The number of ether oxygens (including phenoxy) is 1. The Balaban J connectivity index is 2.78. The Morgan fingerprint density at radius 1 is 1.35 bits per heavy atom. The van der Waals surface area contributed by atoms with Crippen molar-refractivity contribution < 1.29 is 22.7 Å². The molecule has 3 N–H and O–H groups in total. The summed E-state index contributed by atoms with van der Waals surface area (Å²) in [7, 11) is 0. The molecule has 0 spiro atoms. The van der Waals surface area contributed by atoms with E-state index in [2.05, 4.69) is 10.1 Å². The molecule has 20 heavy (non-hydrogen) atoms. The Hall–Kier alpha value is -1.76. The molecule has 0 aliphatic rings. The van der Waals surface area contributed by atoms with Crippen LogP contribution in [-0.4, -0.2) is 24.7 Å². The van der Waals surface area contributed by atoms with Crippen molar-refractivity contribution in [1.82, 2.24) is 0 Å². The summed E-state index contributed by atoms with van der Waals surface area (Å²) >= 11 is 0. The summed E-state index contributed by atoms with van der Waals surface area (Å²) in [5.74, 6) is -0.871. The maximum Gasteiger partial charge on any atom is 0.422 e. The average molecular weight is 290 g/mol. The quantitative estimate of drug-likeness (QED) is 0.876. The Kier molecular flexibility index (Phi) is 5.38. The predicted octanol–water partition coefficient (Wildman–Crippen LogP) is 2.55. The molecule has 2 unspecified atom stereocenters. The highest BCUT2D eigenvalue weighted by Gasteiger charge is 2.29. The molecule has 0 aromatic heterocycles. The van der Waals surface area contributed by atoms with E-state index in [1.165, 1.54) is 18.2 Å². The summed E-state index contributed by atoms with van der Waals surface area (Å²) in [6, 6.07) is 5.58. The van der Waals surface area contributed by atoms with Crippen LogP contribution in [0.2, 0.25) is 0 Å². The van der Waals surface area contributed by atoms with Crippen molar-refractivity contribution in [3.63, 3.8) is 0 Å². The second-order valence-corrected chi connectivity index (χ2v) is 4.54. The summed E-state index contributed by atoms with van der Waals surface area (Å²) in [6.45, 7) is 1.90. The van der Waals surface area contributed by atoms with E-state index in [-0.39, 0.29) is 23.4 Å². The first-order chi connectivity index (χ1) is 9.20. The van der Waals surface area contributed by atoms with Crippen LogP contribution in [0.15, 0.2) is 24.3 Å². The van der Waals surface area contributed by atoms with Gasteiger partial charge < -0.3 is 15.8 Å². The number of nitrogens with one attached hydrogen (secondary N) is 1. The number of alkyl halides is 3. The van der Waals surface area contributed by atoms with E-state index in [1.54, 1.807) is 19.9 Å². The molecule has 112 valence electrons. The lowest BCUT2D eigenvalue weighted by atomic mass is 10.0. The summed E-state index contributed by atoms with van der Waals surface area (Å²) in [5.41, 5.74) is 5.79. The standard InChI is InChI=1S/C13H17F3N2O2/c1-8(9(2)17)12(19)18-10-5-3-4-6-11(10)20-7-13(14,15)16/h3-6,8-9H,7,17H2,1-2H3,(H,18,19). The van der Waals surface area contributed by atoms with Crippen LogP contribution >= 0.6 is 0 Å². The van der Waals surface area contributed by atoms with Crippen molar-refractivity contribution >= 4 is 11.6 Å². The van der Waals surface area contributed by atoms with Crippen molar-refractivity contribution in [3.8, 4) is 5.75 Å². The minimum atomic E-state index is -4.43. The van der Waals surface area contributed by atoms with Gasteiger partial charge in [-0.15, -0.1) is 0 Å². The van der Waals surface area contributed by atoms with Crippen LogP contribution < -0.4 is 15.8 Å². The zero-order valence-electron chi connectivity index (χ0n) is 11.2. The van der Waals surface area contributed by atoms with Crippen molar-refractivity contribution in [2.24, 2.45) is 11.7 Å². The van der Waals surface area contributed by atoms with Crippen LogP contribution in [0.25, 0.3) is 0 Å². The van der Waals surface area contributed by atoms with Crippen molar-refractivity contribution in [3.05, 3.63) is 24.3 Å².